The monoisotopic (exact) mass is 535 g/mol. The number of halogens is 2. The van der Waals surface area contributed by atoms with Crippen LogP contribution in [0.4, 0.5) is 17.5 Å². The molecule has 3 aromatic heterocycles. The van der Waals surface area contributed by atoms with Gasteiger partial charge in [-0.25, -0.2) is 14.3 Å². The molecule has 12 heteroatoms. The Kier molecular flexibility index (Phi) is 6.79. The van der Waals surface area contributed by atoms with Crippen LogP contribution in [0, 0.1) is 0 Å². The van der Waals surface area contributed by atoms with Crippen molar-refractivity contribution in [1.29, 1.82) is 0 Å². The molecule has 3 N–H and O–H groups in total. The number of hydrogen-bond acceptors (Lipinski definition) is 8. The van der Waals surface area contributed by atoms with E-state index in [-0.39, 0.29) is 33.1 Å². The van der Waals surface area contributed by atoms with Crippen molar-refractivity contribution in [2.45, 2.75) is 6.54 Å². The maximum atomic E-state index is 12.8. The summed E-state index contributed by atoms with van der Waals surface area (Å²) < 4.78 is 3.08. The van der Waals surface area contributed by atoms with E-state index >= 15 is 0 Å². The highest BCUT2D eigenvalue weighted by atomic mass is 35.5. The second kappa shape index (κ2) is 10.2. The van der Waals surface area contributed by atoms with Crippen LogP contribution in [-0.2, 0) is 6.54 Å². The summed E-state index contributed by atoms with van der Waals surface area (Å²) in [5.41, 5.74) is 8.89. The number of hydrogen-bond donors (Lipinski definition) is 2. The molecule has 37 heavy (non-hydrogen) atoms. The molecule has 0 aliphatic carbocycles. The predicted octanol–water partition coefficient (Wildman–Crippen LogP) is 4.23. The van der Waals surface area contributed by atoms with Gasteiger partial charge in [0.2, 0.25) is 5.95 Å². The van der Waals surface area contributed by atoms with Gasteiger partial charge in [0.1, 0.15) is 5.82 Å². The van der Waals surface area contributed by atoms with Crippen molar-refractivity contribution >= 4 is 51.7 Å². The molecule has 0 amide bonds. The zero-order valence-corrected chi connectivity index (χ0v) is 21.6. The van der Waals surface area contributed by atoms with Gasteiger partial charge in [-0.15, -0.1) is 0 Å². The largest absolute Gasteiger partial charge is 0.384 e. The first-order valence-corrected chi connectivity index (χ1v) is 12.1. The first kappa shape index (κ1) is 24.7. The van der Waals surface area contributed by atoms with Gasteiger partial charge < -0.3 is 16.0 Å². The molecule has 5 rings (SSSR count). The average Bonchev–Trinajstić information content (AvgIpc) is 3.34. The van der Waals surface area contributed by atoms with Crippen LogP contribution >= 0.6 is 23.2 Å². The van der Waals surface area contributed by atoms with Crippen LogP contribution in [0.15, 0.2) is 65.8 Å². The van der Waals surface area contributed by atoms with Crippen LogP contribution in [0.5, 0.6) is 0 Å². The number of nitrogens with one attached hydrogen (secondary N) is 1. The molecule has 0 spiro atoms. The third-order valence-corrected chi connectivity index (χ3v) is 6.33. The van der Waals surface area contributed by atoms with Crippen LogP contribution in [-0.4, -0.2) is 54.8 Å². The van der Waals surface area contributed by atoms with E-state index in [9.17, 15) is 4.79 Å². The second-order valence-electron chi connectivity index (χ2n) is 8.61. The molecule has 0 aliphatic heterocycles. The van der Waals surface area contributed by atoms with E-state index in [2.05, 4.69) is 30.3 Å². The number of anilines is 3. The van der Waals surface area contributed by atoms with Crippen LogP contribution in [0.3, 0.4) is 0 Å². The standard InChI is InChI=1S/C25H23Cl2N9O/c1-34(2)10-11-35-14-16(12-30-35)15-6-8-17(9-7-15)31-24-29-13-18-22(28)36(25(37)33-23(18)32-24)21-19(26)4-3-5-20(21)27/h3-9,12-14H,10-11,28H2,1-2H3,(H,31,32,33,37). The van der Waals surface area contributed by atoms with Crippen molar-refractivity contribution in [1.82, 2.24) is 34.2 Å². The molecular weight excluding hydrogens is 513 g/mol. The van der Waals surface area contributed by atoms with Crippen molar-refractivity contribution in [3.63, 3.8) is 0 Å². The third-order valence-electron chi connectivity index (χ3n) is 5.72. The van der Waals surface area contributed by atoms with E-state index in [1.165, 1.54) is 6.20 Å². The summed E-state index contributed by atoms with van der Waals surface area (Å²) in [5.74, 6) is 0.364. The first-order valence-electron chi connectivity index (χ1n) is 11.3. The summed E-state index contributed by atoms with van der Waals surface area (Å²) in [5, 5.41) is 8.49. The fourth-order valence-corrected chi connectivity index (χ4v) is 4.36. The minimum absolute atomic E-state index is 0.0898. The summed E-state index contributed by atoms with van der Waals surface area (Å²) in [4.78, 5) is 27.8. The molecule has 10 nitrogen and oxygen atoms in total. The number of nitrogens with zero attached hydrogens (tertiary/aromatic N) is 7. The van der Waals surface area contributed by atoms with Gasteiger partial charge in [0, 0.05) is 30.2 Å². The highest BCUT2D eigenvalue weighted by molar-refractivity contribution is 6.37. The Morgan fingerprint density at radius 2 is 1.73 bits per heavy atom. The van der Waals surface area contributed by atoms with Gasteiger partial charge in [-0.05, 0) is 43.9 Å². The van der Waals surface area contributed by atoms with E-state index in [4.69, 9.17) is 28.9 Å². The van der Waals surface area contributed by atoms with Gasteiger partial charge in [-0.1, -0.05) is 41.4 Å². The van der Waals surface area contributed by atoms with Gasteiger partial charge in [-0.3, -0.25) is 4.68 Å². The quantitative estimate of drug-likeness (QED) is 0.317. The highest BCUT2D eigenvalue weighted by Crippen LogP contribution is 2.30. The van der Waals surface area contributed by atoms with E-state index in [1.54, 1.807) is 18.2 Å². The molecular formula is C25H23Cl2N9O. The summed E-state index contributed by atoms with van der Waals surface area (Å²) >= 11 is 12.6. The van der Waals surface area contributed by atoms with E-state index in [1.807, 2.05) is 55.4 Å². The minimum atomic E-state index is -0.653. The molecule has 0 atom stereocenters. The number of fused-ring (bicyclic) bond motifs is 1. The average molecular weight is 536 g/mol. The third kappa shape index (κ3) is 5.12. The number of nitrogen functional groups attached to an aromatic ring is 1. The molecule has 2 aromatic carbocycles. The topological polar surface area (TPSA) is 120 Å². The maximum Gasteiger partial charge on any atom is 0.355 e. The summed E-state index contributed by atoms with van der Waals surface area (Å²) in [6.07, 6.45) is 5.38. The predicted molar refractivity (Wildman–Crippen MR) is 147 cm³/mol. The summed E-state index contributed by atoms with van der Waals surface area (Å²) in [6, 6.07) is 12.7. The smallest absolute Gasteiger partial charge is 0.355 e. The summed E-state index contributed by atoms with van der Waals surface area (Å²) in [7, 11) is 4.07. The Morgan fingerprint density at radius 1 is 1.00 bits per heavy atom. The Labute approximate surface area is 222 Å². The minimum Gasteiger partial charge on any atom is -0.384 e. The van der Waals surface area contributed by atoms with Crippen LogP contribution in [0.25, 0.3) is 27.8 Å². The number of likely N-dealkylation sites (N-methyl/N-ethyl adjacent to an activating group) is 1. The lowest BCUT2D eigenvalue weighted by Gasteiger charge is -2.14. The molecule has 0 bridgehead atoms. The van der Waals surface area contributed by atoms with Gasteiger partial charge in [0.15, 0.2) is 5.65 Å². The van der Waals surface area contributed by atoms with Gasteiger partial charge in [0.05, 0.1) is 33.9 Å². The fraction of sp³-hybridized carbons (Fsp3) is 0.160. The highest BCUT2D eigenvalue weighted by Gasteiger charge is 2.17. The van der Waals surface area contributed by atoms with E-state index in [0.29, 0.717) is 5.39 Å². The zero-order chi connectivity index (χ0) is 26.1. The Morgan fingerprint density at radius 3 is 2.43 bits per heavy atom. The van der Waals surface area contributed by atoms with E-state index in [0.717, 1.165) is 34.5 Å². The number of aromatic nitrogens is 6. The van der Waals surface area contributed by atoms with Crippen molar-refractivity contribution in [2.24, 2.45) is 0 Å². The molecule has 0 unspecified atom stereocenters. The number of benzene rings is 2. The number of rotatable bonds is 7. The lowest BCUT2D eigenvalue weighted by atomic mass is 10.1. The molecule has 0 radical (unpaired) electrons. The molecule has 0 fully saturated rings. The fourth-order valence-electron chi connectivity index (χ4n) is 3.79. The van der Waals surface area contributed by atoms with Crippen molar-refractivity contribution in [3.05, 3.63) is 81.6 Å². The number of nitrogens with two attached hydrogens (primary N) is 1. The number of para-hydroxylation sites is 1. The normalized spacial score (nSPS) is 11.4. The van der Waals surface area contributed by atoms with Crippen LogP contribution < -0.4 is 16.7 Å². The van der Waals surface area contributed by atoms with Crippen LogP contribution in [0.2, 0.25) is 10.0 Å². The maximum absolute atomic E-state index is 12.8. The molecule has 0 saturated carbocycles. The molecule has 0 aliphatic rings. The first-order chi connectivity index (χ1) is 17.8. The van der Waals surface area contributed by atoms with E-state index < -0.39 is 5.69 Å². The van der Waals surface area contributed by atoms with Gasteiger partial charge in [0.25, 0.3) is 0 Å². The zero-order valence-electron chi connectivity index (χ0n) is 20.1. The lowest BCUT2D eigenvalue weighted by molar-refractivity contribution is 0.373. The Bertz CT molecular complexity index is 1620. The van der Waals surface area contributed by atoms with Gasteiger partial charge >= 0.3 is 5.69 Å². The van der Waals surface area contributed by atoms with Crippen LogP contribution in [0.1, 0.15) is 0 Å². The lowest BCUT2D eigenvalue weighted by Crippen LogP contribution is -2.25. The molecule has 5 aromatic rings. The summed E-state index contributed by atoms with van der Waals surface area (Å²) in [6.45, 7) is 1.73. The van der Waals surface area contributed by atoms with Crippen molar-refractivity contribution in [3.8, 4) is 16.8 Å². The Balaban J connectivity index is 1.38. The molecule has 188 valence electrons. The second-order valence-corrected chi connectivity index (χ2v) is 9.43. The van der Waals surface area contributed by atoms with Crippen molar-refractivity contribution in [2.75, 3.05) is 31.7 Å². The SMILES string of the molecule is CN(C)CCn1cc(-c2ccc(Nc3ncc4c(N)n(-c5c(Cl)cccc5Cl)c(=O)nc4n3)cc2)cn1. The molecule has 3 heterocycles. The Hall–Kier alpha value is -3.99. The molecule has 0 saturated heterocycles. The van der Waals surface area contributed by atoms with Crippen molar-refractivity contribution < 1.29 is 0 Å². The van der Waals surface area contributed by atoms with Gasteiger partial charge in [-0.2, -0.15) is 15.1 Å².